The molecule has 0 fully saturated rings. The molecule has 20 heavy (non-hydrogen) atoms. The predicted molar refractivity (Wildman–Crippen MR) is 71.8 cm³/mol. The van der Waals surface area contributed by atoms with Gasteiger partial charge in [-0.3, -0.25) is 4.79 Å². The second-order valence-corrected chi connectivity index (χ2v) is 4.63. The van der Waals surface area contributed by atoms with Crippen molar-refractivity contribution < 1.29 is 28.6 Å². The van der Waals surface area contributed by atoms with Crippen LogP contribution in [0.25, 0.3) is 0 Å². The fraction of sp³-hybridized carbons (Fsp3) is 0.643. The van der Waals surface area contributed by atoms with Crippen LogP contribution in [-0.2, 0) is 28.6 Å². The molecule has 6 nitrogen and oxygen atoms in total. The molecule has 0 aliphatic rings. The van der Waals surface area contributed by atoms with Crippen LogP contribution in [0.15, 0.2) is 12.2 Å². The van der Waals surface area contributed by atoms with Crippen molar-refractivity contribution in [2.75, 3.05) is 19.8 Å². The van der Waals surface area contributed by atoms with E-state index in [4.69, 9.17) is 9.47 Å². The van der Waals surface area contributed by atoms with E-state index in [1.807, 2.05) is 6.92 Å². The SMILES string of the molecule is CCOC(=O)C=CC(=O)OCCOC(=O)C(C)(C)CC. The highest BCUT2D eigenvalue weighted by Gasteiger charge is 2.26. The molecule has 0 spiro atoms. The molecule has 0 heterocycles. The van der Waals surface area contributed by atoms with Crippen LogP contribution in [0.2, 0.25) is 0 Å². The molecule has 0 saturated heterocycles. The van der Waals surface area contributed by atoms with Crippen molar-refractivity contribution in [3.63, 3.8) is 0 Å². The zero-order valence-corrected chi connectivity index (χ0v) is 12.4. The minimum absolute atomic E-state index is 0.0126. The standard InChI is InChI=1S/C14H22O6/c1-5-14(3,4)13(17)20-10-9-19-12(16)8-7-11(15)18-6-2/h7-8H,5-6,9-10H2,1-4H3. The Balaban J connectivity index is 3.88. The zero-order valence-electron chi connectivity index (χ0n) is 12.4. The Hall–Kier alpha value is -1.85. The molecule has 0 atom stereocenters. The summed E-state index contributed by atoms with van der Waals surface area (Å²) in [5, 5.41) is 0. The molecule has 0 N–H and O–H groups in total. The van der Waals surface area contributed by atoms with Crippen molar-refractivity contribution >= 4 is 17.9 Å². The minimum atomic E-state index is -0.691. The lowest BCUT2D eigenvalue weighted by Gasteiger charge is -2.20. The van der Waals surface area contributed by atoms with E-state index < -0.39 is 17.4 Å². The molecule has 0 unspecified atom stereocenters. The summed E-state index contributed by atoms with van der Waals surface area (Å²) in [5.41, 5.74) is -0.548. The Kier molecular flexibility index (Phi) is 8.27. The highest BCUT2D eigenvalue weighted by molar-refractivity contribution is 5.91. The second kappa shape index (κ2) is 9.12. The molecule has 0 aromatic carbocycles. The van der Waals surface area contributed by atoms with E-state index in [1.54, 1.807) is 20.8 Å². The van der Waals surface area contributed by atoms with Crippen LogP contribution in [-0.4, -0.2) is 37.7 Å². The van der Waals surface area contributed by atoms with Gasteiger partial charge in [-0.05, 0) is 27.2 Å². The molecule has 0 bridgehead atoms. The first-order chi connectivity index (χ1) is 9.33. The Morgan fingerprint density at radius 3 is 1.90 bits per heavy atom. The highest BCUT2D eigenvalue weighted by Crippen LogP contribution is 2.21. The number of hydrogen-bond acceptors (Lipinski definition) is 6. The van der Waals surface area contributed by atoms with Crippen molar-refractivity contribution in [3.05, 3.63) is 12.2 Å². The van der Waals surface area contributed by atoms with Crippen LogP contribution in [0.3, 0.4) is 0 Å². The average Bonchev–Trinajstić information content (AvgIpc) is 2.41. The Labute approximate surface area is 119 Å². The molecular formula is C14H22O6. The normalized spacial score (nSPS) is 11.2. The maximum absolute atomic E-state index is 11.6. The summed E-state index contributed by atoms with van der Waals surface area (Å²) in [6.07, 6.45) is 2.61. The van der Waals surface area contributed by atoms with Gasteiger partial charge in [0.15, 0.2) is 0 Å². The second-order valence-electron chi connectivity index (χ2n) is 4.63. The van der Waals surface area contributed by atoms with E-state index in [9.17, 15) is 14.4 Å². The van der Waals surface area contributed by atoms with Crippen LogP contribution >= 0.6 is 0 Å². The van der Waals surface area contributed by atoms with Gasteiger partial charge in [0.2, 0.25) is 0 Å². The van der Waals surface area contributed by atoms with Crippen LogP contribution in [0.1, 0.15) is 34.1 Å². The van der Waals surface area contributed by atoms with Crippen molar-refractivity contribution in [1.29, 1.82) is 0 Å². The van der Waals surface area contributed by atoms with Crippen molar-refractivity contribution in [1.82, 2.24) is 0 Å². The Morgan fingerprint density at radius 1 is 0.900 bits per heavy atom. The Morgan fingerprint density at radius 2 is 1.40 bits per heavy atom. The summed E-state index contributed by atoms with van der Waals surface area (Å²) >= 11 is 0. The lowest BCUT2D eigenvalue weighted by Crippen LogP contribution is -2.27. The highest BCUT2D eigenvalue weighted by atomic mass is 16.6. The van der Waals surface area contributed by atoms with E-state index >= 15 is 0 Å². The quantitative estimate of drug-likeness (QED) is 0.292. The number of carbonyl (C=O) groups excluding carboxylic acids is 3. The molecule has 0 aliphatic carbocycles. The fourth-order valence-corrected chi connectivity index (χ4v) is 0.991. The van der Waals surface area contributed by atoms with Gasteiger partial charge in [0.05, 0.1) is 12.0 Å². The molecule has 0 aliphatic heterocycles. The summed E-state index contributed by atoms with van der Waals surface area (Å²) in [5.74, 6) is -1.64. The fourth-order valence-electron chi connectivity index (χ4n) is 0.991. The molecule has 0 amide bonds. The summed E-state index contributed by atoms with van der Waals surface area (Å²) < 4.78 is 14.3. The smallest absolute Gasteiger partial charge is 0.331 e. The molecule has 6 heteroatoms. The van der Waals surface area contributed by atoms with Crippen LogP contribution in [0, 0.1) is 5.41 Å². The third-order valence-electron chi connectivity index (χ3n) is 2.64. The first kappa shape index (κ1) is 18.1. The topological polar surface area (TPSA) is 78.9 Å². The summed E-state index contributed by atoms with van der Waals surface area (Å²) in [6, 6.07) is 0. The maximum atomic E-state index is 11.6. The van der Waals surface area contributed by atoms with Crippen molar-refractivity contribution in [2.24, 2.45) is 5.41 Å². The molecule has 114 valence electrons. The van der Waals surface area contributed by atoms with Gasteiger partial charge in [0.25, 0.3) is 0 Å². The molecule has 0 saturated carbocycles. The van der Waals surface area contributed by atoms with Gasteiger partial charge in [-0.15, -0.1) is 0 Å². The summed E-state index contributed by atoms with van der Waals surface area (Å²) in [4.78, 5) is 33.7. The van der Waals surface area contributed by atoms with Gasteiger partial charge >= 0.3 is 17.9 Å². The predicted octanol–water partition coefficient (Wildman–Crippen LogP) is 1.63. The maximum Gasteiger partial charge on any atom is 0.331 e. The van der Waals surface area contributed by atoms with Gasteiger partial charge < -0.3 is 14.2 Å². The number of carbonyl (C=O) groups is 3. The third-order valence-corrected chi connectivity index (χ3v) is 2.64. The molecule has 0 aromatic rings. The molecule has 0 radical (unpaired) electrons. The van der Waals surface area contributed by atoms with Gasteiger partial charge in [-0.25, -0.2) is 9.59 Å². The molecule has 0 aromatic heterocycles. The first-order valence-electron chi connectivity index (χ1n) is 6.52. The largest absolute Gasteiger partial charge is 0.463 e. The average molecular weight is 286 g/mol. The number of hydrogen-bond donors (Lipinski definition) is 0. The molecule has 0 rings (SSSR count). The minimum Gasteiger partial charge on any atom is -0.463 e. The van der Waals surface area contributed by atoms with Crippen LogP contribution in [0.5, 0.6) is 0 Å². The van der Waals surface area contributed by atoms with Gasteiger partial charge in [-0.1, -0.05) is 6.92 Å². The van der Waals surface area contributed by atoms with E-state index in [0.717, 1.165) is 12.2 Å². The Bertz CT molecular complexity index is 370. The molecular weight excluding hydrogens is 264 g/mol. The van der Waals surface area contributed by atoms with E-state index in [0.29, 0.717) is 6.42 Å². The lowest BCUT2D eigenvalue weighted by molar-refractivity contribution is -0.157. The van der Waals surface area contributed by atoms with Gasteiger partial charge in [-0.2, -0.15) is 0 Å². The van der Waals surface area contributed by atoms with E-state index in [1.165, 1.54) is 0 Å². The first-order valence-corrected chi connectivity index (χ1v) is 6.52. The number of esters is 3. The summed E-state index contributed by atoms with van der Waals surface area (Å²) in [7, 11) is 0. The van der Waals surface area contributed by atoms with Crippen LogP contribution in [0.4, 0.5) is 0 Å². The monoisotopic (exact) mass is 286 g/mol. The van der Waals surface area contributed by atoms with Crippen molar-refractivity contribution in [2.45, 2.75) is 34.1 Å². The van der Waals surface area contributed by atoms with Crippen LogP contribution < -0.4 is 0 Å². The zero-order chi connectivity index (χ0) is 15.6. The number of ether oxygens (including phenoxy) is 3. The van der Waals surface area contributed by atoms with Crippen molar-refractivity contribution in [3.8, 4) is 0 Å². The third kappa shape index (κ3) is 7.56. The van der Waals surface area contributed by atoms with E-state index in [-0.39, 0.29) is 25.8 Å². The van der Waals surface area contributed by atoms with Gasteiger partial charge in [0.1, 0.15) is 13.2 Å². The van der Waals surface area contributed by atoms with E-state index in [2.05, 4.69) is 4.74 Å². The number of rotatable bonds is 8. The lowest BCUT2D eigenvalue weighted by atomic mass is 9.91. The van der Waals surface area contributed by atoms with Gasteiger partial charge in [0, 0.05) is 12.2 Å². The summed E-state index contributed by atoms with van der Waals surface area (Å²) in [6.45, 7) is 7.28.